The summed E-state index contributed by atoms with van der Waals surface area (Å²) in [6.07, 6.45) is 1.50. The van der Waals surface area contributed by atoms with Crippen molar-refractivity contribution < 1.29 is 14.4 Å². The van der Waals surface area contributed by atoms with Crippen LogP contribution in [0, 0.1) is 5.92 Å². The molecule has 32 heavy (non-hydrogen) atoms. The molecule has 164 valence electrons. The lowest BCUT2D eigenvalue weighted by molar-refractivity contribution is -0.121. The van der Waals surface area contributed by atoms with Gasteiger partial charge in [0.2, 0.25) is 5.91 Å². The highest BCUT2D eigenvalue weighted by Crippen LogP contribution is 2.24. The second kappa shape index (κ2) is 9.22. The summed E-state index contributed by atoms with van der Waals surface area (Å²) in [6, 6.07) is 20.5. The lowest BCUT2D eigenvalue weighted by Crippen LogP contribution is -2.43. The number of carbonyl (C=O) groups excluding carboxylic acids is 3. The molecule has 1 heterocycles. The lowest BCUT2D eigenvalue weighted by atomic mass is 9.95. The van der Waals surface area contributed by atoms with E-state index < -0.39 is 0 Å². The Hall–Kier alpha value is -3.67. The highest BCUT2D eigenvalue weighted by molar-refractivity contribution is 6.07. The third-order valence-electron chi connectivity index (χ3n) is 5.88. The molecule has 1 aliphatic heterocycles. The average molecular weight is 430 g/mol. The van der Waals surface area contributed by atoms with Crippen LogP contribution >= 0.6 is 0 Å². The maximum Gasteiger partial charge on any atom is 0.254 e. The van der Waals surface area contributed by atoms with Crippen molar-refractivity contribution in [2.45, 2.75) is 12.8 Å². The molecule has 1 atom stereocenters. The van der Waals surface area contributed by atoms with Crippen molar-refractivity contribution in [3.63, 3.8) is 0 Å². The van der Waals surface area contributed by atoms with Gasteiger partial charge in [0.15, 0.2) is 0 Å². The molecule has 0 unspecified atom stereocenters. The molecule has 6 heteroatoms. The quantitative estimate of drug-likeness (QED) is 0.681. The third-order valence-corrected chi connectivity index (χ3v) is 5.88. The van der Waals surface area contributed by atoms with Crippen LogP contribution in [0.4, 0.5) is 5.69 Å². The van der Waals surface area contributed by atoms with Crippen molar-refractivity contribution in [1.29, 1.82) is 0 Å². The fraction of sp³-hybridized carbons (Fsp3) is 0.269. The number of nitrogens with one attached hydrogen (secondary N) is 1. The molecule has 3 aromatic rings. The summed E-state index contributed by atoms with van der Waals surface area (Å²) in [5, 5.41) is 4.88. The Morgan fingerprint density at radius 1 is 0.969 bits per heavy atom. The van der Waals surface area contributed by atoms with Crippen molar-refractivity contribution >= 4 is 34.2 Å². The standard InChI is InChI=1S/C26H27N3O3/c1-28(2)25(31)19-10-5-12-21(16-19)27-24(30)20-11-7-15-29(17-20)26(32)23-14-6-9-18-8-3-4-13-22(18)23/h3-6,8-10,12-14,16,20H,7,11,15,17H2,1-2H3,(H,27,30)/t20-/m1/s1. The Kier molecular flexibility index (Phi) is 6.21. The fourth-order valence-corrected chi connectivity index (χ4v) is 4.19. The number of fused-ring (bicyclic) bond motifs is 1. The van der Waals surface area contributed by atoms with Crippen molar-refractivity contribution in [2.75, 3.05) is 32.5 Å². The minimum atomic E-state index is -0.295. The molecule has 1 N–H and O–H groups in total. The molecule has 0 spiro atoms. The predicted molar refractivity (Wildman–Crippen MR) is 126 cm³/mol. The van der Waals surface area contributed by atoms with Crippen LogP contribution in [-0.4, -0.2) is 54.7 Å². The summed E-state index contributed by atoms with van der Waals surface area (Å²) >= 11 is 0. The van der Waals surface area contributed by atoms with E-state index in [0.29, 0.717) is 29.9 Å². The summed E-state index contributed by atoms with van der Waals surface area (Å²) in [5.74, 6) is -0.589. The minimum Gasteiger partial charge on any atom is -0.345 e. The van der Waals surface area contributed by atoms with E-state index in [-0.39, 0.29) is 23.6 Å². The molecule has 1 fully saturated rings. The van der Waals surface area contributed by atoms with Crippen LogP contribution in [-0.2, 0) is 4.79 Å². The molecule has 4 rings (SSSR count). The maximum atomic E-state index is 13.3. The zero-order valence-electron chi connectivity index (χ0n) is 18.4. The van der Waals surface area contributed by atoms with Gasteiger partial charge in [-0.3, -0.25) is 14.4 Å². The van der Waals surface area contributed by atoms with Gasteiger partial charge < -0.3 is 15.1 Å². The van der Waals surface area contributed by atoms with Crippen LogP contribution in [0.2, 0.25) is 0 Å². The number of anilines is 1. The molecule has 3 aromatic carbocycles. The zero-order valence-corrected chi connectivity index (χ0v) is 18.4. The Morgan fingerprint density at radius 2 is 1.72 bits per heavy atom. The lowest BCUT2D eigenvalue weighted by Gasteiger charge is -2.32. The van der Waals surface area contributed by atoms with Gasteiger partial charge in [0, 0.05) is 44.0 Å². The molecule has 1 saturated heterocycles. The summed E-state index contributed by atoms with van der Waals surface area (Å²) in [4.78, 5) is 41.7. The molecular weight excluding hydrogens is 402 g/mol. The number of rotatable bonds is 4. The molecule has 0 bridgehead atoms. The summed E-state index contributed by atoms with van der Waals surface area (Å²) in [6.45, 7) is 1.02. The summed E-state index contributed by atoms with van der Waals surface area (Å²) < 4.78 is 0. The third kappa shape index (κ3) is 4.49. The zero-order chi connectivity index (χ0) is 22.7. The van der Waals surface area contributed by atoms with Crippen molar-refractivity contribution in [3.05, 3.63) is 77.9 Å². The fourth-order valence-electron chi connectivity index (χ4n) is 4.19. The number of hydrogen-bond donors (Lipinski definition) is 1. The first kappa shape index (κ1) is 21.6. The van der Waals surface area contributed by atoms with Crippen molar-refractivity contribution in [3.8, 4) is 0 Å². The predicted octanol–water partition coefficient (Wildman–Crippen LogP) is 4.03. The molecule has 0 saturated carbocycles. The van der Waals surface area contributed by atoms with Crippen LogP contribution in [0.1, 0.15) is 33.6 Å². The Balaban J connectivity index is 1.47. The highest BCUT2D eigenvalue weighted by Gasteiger charge is 2.29. The number of amides is 3. The monoisotopic (exact) mass is 429 g/mol. The van der Waals surface area contributed by atoms with E-state index in [1.165, 1.54) is 4.90 Å². The summed E-state index contributed by atoms with van der Waals surface area (Å²) in [5.41, 5.74) is 1.77. The number of likely N-dealkylation sites (tertiary alicyclic amines) is 1. The van der Waals surface area contributed by atoms with Crippen LogP contribution in [0.5, 0.6) is 0 Å². The van der Waals surface area contributed by atoms with Crippen LogP contribution in [0.25, 0.3) is 10.8 Å². The van der Waals surface area contributed by atoms with E-state index in [1.807, 2.05) is 42.5 Å². The van der Waals surface area contributed by atoms with E-state index >= 15 is 0 Å². The van der Waals surface area contributed by atoms with E-state index in [2.05, 4.69) is 5.32 Å². The van der Waals surface area contributed by atoms with Gasteiger partial charge in [0.25, 0.3) is 11.8 Å². The van der Waals surface area contributed by atoms with Crippen LogP contribution < -0.4 is 5.32 Å². The van der Waals surface area contributed by atoms with E-state index in [0.717, 1.165) is 23.6 Å². The van der Waals surface area contributed by atoms with E-state index in [9.17, 15) is 14.4 Å². The first-order chi connectivity index (χ1) is 15.4. The van der Waals surface area contributed by atoms with Gasteiger partial charge in [-0.2, -0.15) is 0 Å². The van der Waals surface area contributed by atoms with E-state index in [1.54, 1.807) is 43.3 Å². The minimum absolute atomic E-state index is 0.0436. The largest absolute Gasteiger partial charge is 0.345 e. The van der Waals surface area contributed by atoms with Gasteiger partial charge in [-0.25, -0.2) is 0 Å². The average Bonchev–Trinajstić information content (AvgIpc) is 2.83. The molecule has 0 radical (unpaired) electrons. The first-order valence-electron chi connectivity index (χ1n) is 10.8. The number of piperidine rings is 1. The van der Waals surface area contributed by atoms with Gasteiger partial charge in [-0.05, 0) is 47.9 Å². The highest BCUT2D eigenvalue weighted by atomic mass is 16.2. The van der Waals surface area contributed by atoms with Crippen molar-refractivity contribution in [2.24, 2.45) is 5.92 Å². The second-order valence-electron chi connectivity index (χ2n) is 8.39. The molecule has 3 amide bonds. The van der Waals surface area contributed by atoms with Crippen LogP contribution in [0.3, 0.4) is 0 Å². The van der Waals surface area contributed by atoms with Gasteiger partial charge in [0.05, 0.1) is 5.92 Å². The molecule has 1 aliphatic rings. The van der Waals surface area contributed by atoms with Gasteiger partial charge >= 0.3 is 0 Å². The Labute approximate surface area is 187 Å². The number of nitrogens with zero attached hydrogens (tertiary/aromatic N) is 2. The smallest absolute Gasteiger partial charge is 0.254 e. The maximum absolute atomic E-state index is 13.3. The van der Waals surface area contributed by atoms with E-state index in [4.69, 9.17) is 0 Å². The molecular formula is C26H27N3O3. The first-order valence-corrected chi connectivity index (χ1v) is 10.8. The van der Waals surface area contributed by atoms with Gasteiger partial charge in [0.1, 0.15) is 0 Å². The molecule has 6 nitrogen and oxygen atoms in total. The second-order valence-corrected chi connectivity index (χ2v) is 8.39. The van der Waals surface area contributed by atoms with Gasteiger partial charge in [-0.15, -0.1) is 0 Å². The van der Waals surface area contributed by atoms with Crippen LogP contribution in [0.15, 0.2) is 66.7 Å². The normalized spacial score (nSPS) is 15.9. The SMILES string of the molecule is CN(C)C(=O)c1cccc(NC(=O)[C@@H]2CCCN(C(=O)c3cccc4ccccc34)C2)c1. The topological polar surface area (TPSA) is 69.7 Å². The summed E-state index contributed by atoms with van der Waals surface area (Å²) in [7, 11) is 3.38. The Bertz CT molecular complexity index is 1170. The van der Waals surface area contributed by atoms with Crippen molar-refractivity contribution in [1.82, 2.24) is 9.80 Å². The number of carbonyl (C=O) groups is 3. The van der Waals surface area contributed by atoms with Gasteiger partial charge in [-0.1, -0.05) is 42.5 Å². The number of benzene rings is 3. The Morgan fingerprint density at radius 3 is 2.53 bits per heavy atom. The molecule has 0 aromatic heterocycles. The number of hydrogen-bond acceptors (Lipinski definition) is 3. The molecule has 0 aliphatic carbocycles.